The molecule has 2 atom stereocenters. The number of aromatic nitrogens is 2. The van der Waals surface area contributed by atoms with Gasteiger partial charge >= 0.3 is 0 Å². The SMILES string of the molecule is Cc1cc(-n2c3ccccc3c3ccccc32)ccc1SC1CCCC(n2c3c(c4cc(C#N)ccc42)C=CCC3)CC1. The van der Waals surface area contributed by atoms with Gasteiger partial charge in [-0.15, -0.1) is 11.8 Å². The van der Waals surface area contributed by atoms with Crippen molar-refractivity contribution in [1.29, 1.82) is 5.26 Å². The summed E-state index contributed by atoms with van der Waals surface area (Å²) in [5, 5.41) is 14.0. The van der Waals surface area contributed by atoms with Crippen LogP contribution in [0.25, 0.3) is 44.5 Å². The van der Waals surface area contributed by atoms with Crippen LogP contribution in [0.2, 0.25) is 0 Å². The zero-order chi connectivity index (χ0) is 28.9. The van der Waals surface area contributed by atoms with Crippen LogP contribution in [0.4, 0.5) is 0 Å². The smallest absolute Gasteiger partial charge is 0.0991 e. The standard InChI is InChI=1S/C39H35N3S/c1-26-23-29(42-35-14-5-2-11-31(35)32-12-3-6-15-36(32)42)19-22-39(26)43-30-10-8-9-28(18-20-30)41-37-16-7-4-13-33(37)34-24-27(25-40)17-21-38(34)41/h2-6,11-15,17,19,21-24,28,30H,7-10,16,18,20H2,1H3. The molecule has 4 aromatic carbocycles. The molecule has 43 heavy (non-hydrogen) atoms. The van der Waals surface area contributed by atoms with Gasteiger partial charge in [-0.1, -0.05) is 55.0 Å². The first kappa shape index (κ1) is 26.4. The fraction of sp³-hybridized carbons (Fsp3) is 0.256. The van der Waals surface area contributed by atoms with Gasteiger partial charge in [0.2, 0.25) is 0 Å². The molecule has 4 heteroatoms. The van der Waals surface area contributed by atoms with Crippen LogP contribution in [0.5, 0.6) is 0 Å². The van der Waals surface area contributed by atoms with Gasteiger partial charge in [0, 0.05) is 54.8 Å². The lowest BCUT2D eigenvalue weighted by molar-refractivity contribution is 0.444. The lowest BCUT2D eigenvalue weighted by Crippen LogP contribution is -2.13. The van der Waals surface area contributed by atoms with Crippen LogP contribution in [0.3, 0.4) is 0 Å². The van der Waals surface area contributed by atoms with E-state index in [0.717, 1.165) is 18.4 Å². The highest BCUT2D eigenvalue weighted by Gasteiger charge is 2.27. The van der Waals surface area contributed by atoms with Gasteiger partial charge in [-0.2, -0.15) is 5.26 Å². The van der Waals surface area contributed by atoms with E-state index in [4.69, 9.17) is 0 Å². The topological polar surface area (TPSA) is 33.6 Å². The van der Waals surface area contributed by atoms with Crippen molar-refractivity contribution in [2.75, 3.05) is 0 Å². The van der Waals surface area contributed by atoms with Crippen molar-refractivity contribution in [3.63, 3.8) is 0 Å². The molecule has 0 spiro atoms. The summed E-state index contributed by atoms with van der Waals surface area (Å²) in [6.07, 6.45) is 12.9. The van der Waals surface area contributed by atoms with E-state index < -0.39 is 0 Å². The summed E-state index contributed by atoms with van der Waals surface area (Å²) in [6, 6.07) is 33.7. The summed E-state index contributed by atoms with van der Waals surface area (Å²) in [5.74, 6) is 0. The van der Waals surface area contributed by atoms with Gasteiger partial charge in [-0.25, -0.2) is 0 Å². The molecule has 2 unspecified atom stereocenters. The Kier molecular flexibility index (Phi) is 6.65. The molecule has 2 aliphatic rings. The second kappa shape index (κ2) is 10.8. The van der Waals surface area contributed by atoms with Gasteiger partial charge in [0.1, 0.15) is 0 Å². The normalized spacial score (nSPS) is 18.6. The molecule has 0 aliphatic heterocycles. The van der Waals surface area contributed by atoms with E-state index in [0.29, 0.717) is 11.3 Å². The van der Waals surface area contributed by atoms with Gasteiger partial charge < -0.3 is 9.13 Å². The molecular weight excluding hydrogens is 543 g/mol. The van der Waals surface area contributed by atoms with E-state index in [1.807, 2.05) is 6.07 Å². The zero-order valence-corrected chi connectivity index (χ0v) is 25.4. The van der Waals surface area contributed by atoms with Crippen LogP contribution >= 0.6 is 11.8 Å². The summed E-state index contributed by atoms with van der Waals surface area (Å²) in [4.78, 5) is 1.41. The molecule has 3 nitrogen and oxygen atoms in total. The summed E-state index contributed by atoms with van der Waals surface area (Å²) in [6.45, 7) is 2.28. The van der Waals surface area contributed by atoms with Gasteiger partial charge in [-0.3, -0.25) is 0 Å². The lowest BCUT2D eigenvalue weighted by atomic mass is 10.0. The Morgan fingerprint density at radius 1 is 0.791 bits per heavy atom. The average molecular weight is 578 g/mol. The van der Waals surface area contributed by atoms with Crippen LogP contribution in [0, 0.1) is 18.3 Å². The fourth-order valence-corrected chi connectivity index (χ4v) is 8.94. The van der Waals surface area contributed by atoms with E-state index in [9.17, 15) is 5.26 Å². The van der Waals surface area contributed by atoms with Crippen molar-refractivity contribution < 1.29 is 0 Å². The van der Waals surface area contributed by atoms with Crippen LogP contribution in [0.1, 0.15) is 67.0 Å². The van der Waals surface area contributed by atoms with Gasteiger partial charge in [0.15, 0.2) is 0 Å². The number of allylic oxidation sites excluding steroid dienone is 1. The Labute approximate surface area is 257 Å². The third-order valence-electron chi connectivity index (χ3n) is 9.65. The van der Waals surface area contributed by atoms with Crippen LogP contribution in [0.15, 0.2) is 95.9 Å². The van der Waals surface area contributed by atoms with Gasteiger partial charge in [0.05, 0.1) is 22.7 Å². The first-order chi connectivity index (χ1) is 21.2. The Hall–Kier alpha value is -4.20. The maximum absolute atomic E-state index is 9.53. The summed E-state index contributed by atoms with van der Waals surface area (Å²) in [5.41, 5.74) is 9.99. The van der Waals surface area contributed by atoms with Crippen molar-refractivity contribution in [3.05, 3.63) is 113 Å². The molecule has 212 valence electrons. The third kappa shape index (κ3) is 4.50. The van der Waals surface area contributed by atoms with Crippen molar-refractivity contribution in [1.82, 2.24) is 9.13 Å². The second-order valence-corrected chi connectivity index (χ2v) is 13.6. The molecule has 2 aliphatic carbocycles. The molecular formula is C39H35N3S. The molecule has 0 bridgehead atoms. The molecule has 8 rings (SSSR count). The number of thioether (sulfide) groups is 1. The van der Waals surface area contributed by atoms with Gasteiger partial charge in [-0.05, 0) is 99.5 Å². The summed E-state index contributed by atoms with van der Waals surface area (Å²) < 4.78 is 5.08. The average Bonchev–Trinajstić information content (AvgIpc) is 3.45. The number of nitriles is 1. The molecule has 0 amide bonds. The number of hydrogen-bond donors (Lipinski definition) is 0. The third-order valence-corrected chi connectivity index (χ3v) is 11.2. The fourth-order valence-electron chi connectivity index (χ4n) is 7.65. The van der Waals surface area contributed by atoms with Crippen molar-refractivity contribution in [3.8, 4) is 11.8 Å². The number of fused-ring (bicyclic) bond motifs is 6. The first-order valence-corrected chi connectivity index (χ1v) is 16.6. The molecule has 0 N–H and O–H groups in total. The van der Waals surface area contributed by atoms with Crippen LogP contribution < -0.4 is 0 Å². The highest BCUT2D eigenvalue weighted by molar-refractivity contribution is 8.00. The van der Waals surface area contributed by atoms with Crippen molar-refractivity contribution >= 4 is 50.5 Å². The highest BCUT2D eigenvalue weighted by Crippen LogP contribution is 2.42. The lowest BCUT2D eigenvalue weighted by Gasteiger charge is -2.23. The number of benzene rings is 4. The molecule has 0 saturated heterocycles. The second-order valence-electron chi connectivity index (χ2n) is 12.2. The largest absolute Gasteiger partial charge is 0.341 e. The molecule has 0 radical (unpaired) electrons. The monoisotopic (exact) mass is 577 g/mol. The summed E-state index contributed by atoms with van der Waals surface area (Å²) in [7, 11) is 0. The number of nitrogens with zero attached hydrogens (tertiary/aromatic N) is 3. The molecule has 1 saturated carbocycles. The number of aryl methyl sites for hydroxylation is 1. The summed E-state index contributed by atoms with van der Waals surface area (Å²) >= 11 is 2.09. The quantitative estimate of drug-likeness (QED) is 0.195. The molecule has 1 fully saturated rings. The Morgan fingerprint density at radius 3 is 2.35 bits per heavy atom. The van der Waals surface area contributed by atoms with Crippen molar-refractivity contribution in [2.24, 2.45) is 0 Å². The Bertz CT molecular complexity index is 2030. The molecule has 2 heterocycles. The zero-order valence-electron chi connectivity index (χ0n) is 24.6. The Balaban J connectivity index is 1.05. The minimum atomic E-state index is 0.523. The minimum Gasteiger partial charge on any atom is -0.341 e. The first-order valence-electron chi connectivity index (χ1n) is 15.7. The number of rotatable bonds is 4. The molecule has 6 aromatic rings. The number of para-hydroxylation sites is 2. The number of hydrogen-bond acceptors (Lipinski definition) is 2. The highest BCUT2D eigenvalue weighted by atomic mass is 32.2. The van der Waals surface area contributed by atoms with E-state index in [-0.39, 0.29) is 0 Å². The predicted octanol–water partition coefficient (Wildman–Crippen LogP) is 10.5. The van der Waals surface area contributed by atoms with E-state index in [1.54, 1.807) is 0 Å². The maximum atomic E-state index is 9.53. The maximum Gasteiger partial charge on any atom is 0.0991 e. The van der Waals surface area contributed by atoms with Crippen molar-refractivity contribution in [2.45, 2.75) is 68.1 Å². The van der Waals surface area contributed by atoms with Gasteiger partial charge in [0.25, 0.3) is 0 Å². The van der Waals surface area contributed by atoms with Crippen LogP contribution in [-0.4, -0.2) is 14.4 Å². The minimum absolute atomic E-state index is 0.523. The van der Waals surface area contributed by atoms with E-state index in [1.165, 1.54) is 92.2 Å². The molecule has 2 aromatic heterocycles. The predicted molar refractivity (Wildman–Crippen MR) is 181 cm³/mol. The Morgan fingerprint density at radius 2 is 1.58 bits per heavy atom. The van der Waals surface area contributed by atoms with E-state index in [2.05, 4.69) is 125 Å². The van der Waals surface area contributed by atoms with E-state index >= 15 is 0 Å². The van der Waals surface area contributed by atoms with Crippen LogP contribution in [-0.2, 0) is 6.42 Å².